The highest BCUT2D eigenvalue weighted by Crippen LogP contribution is 2.21. The summed E-state index contributed by atoms with van der Waals surface area (Å²) in [6, 6.07) is 9.51. The Morgan fingerprint density at radius 1 is 1.21 bits per heavy atom. The third-order valence-electron chi connectivity index (χ3n) is 3.63. The lowest BCUT2D eigenvalue weighted by Crippen LogP contribution is -2.37. The van der Waals surface area contributed by atoms with Gasteiger partial charge in [-0.15, -0.1) is 11.3 Å². The Labute approximate surface area is 146 Å². The molecule has 0 unspecified atom stereocenters. The van der Waals surface area contributed by atoms with Crippen molar-refractivity contribution in [3.05, 3.63) is 51.2 Å². The van der Waals surface area contributed by atoms with Crippen molar-refractivity contribution < 1.29 is 14.3 Å². The number of hydrogen-bond acceptors (Lipinski definition) is 4. The summed E-state index contributed by atoms with van der Waals surface area (Å²) in [7, 11) is 3.32. The maximum absolute atomic E-state index is 12.2. The summed E-state index contributed by atoms with van der Waals surface area (Å²) in [5, 5.41) is 2.67. The summed E-state index contributed by atoms with van der Waals surface area (Å²) in [4.78, 5) is 27.5. The Hall–Kier alpha value is -2.34. The van der Waals surface area contributed by atoms with Crippen LogP contribution in [0.15, 0.2) is 30.3 Å². The number of nitrogens with one attached hydrogen (secondary N) is 1. The smallest absolute Gasteiger partial charge is 0.261 e. The first-order valence-corrected chi connectivity index (χ1v) is 8.44. The molecule has 2 rings (SSSR count). The van der Waals surface area contributed by atoms with Crippen molar-refractivity contribution in [2.45, 2.75) is 20.4 Å². The van der Waals surface area contributed by atoms with E-state index in [2.05, 4.69) is 5.32 Å². The number of methoxy groups -OCH3 is 1. The average Bonchev–Trinajstić information content (AvgIpc) is 2.99. The fourth-order valence-corrected chi connectivity index (χ4v) is 3.09. The van der Waals surface area contributed by atoms with Gasteiger partial charge in [0.15, 0.2) is 0 Å². The minimum absolute atomic E-state index is 0.0274. The van der Waals surface area contributed by atoms with Gasteiger partial charge in [-0.2, -0.15) is 0 Å². The van der Waals surface area contributed by atoms with Crippen molar-refractivity contribution in [2.24, 2.45) is 0 Å². The molecular weight excluding hydrogens is 324 g/mol. The van der Waals surface area contributed by atoms with E-state index in [1.807, 2.05) is 38.1 Å². The highest BCUT2D eigenvalue weighted by atomic mass is 32.1. The predicted molar refractivity (Wildman–Crippen MR) is 95.6 cm³/mol. The number of ether oxygens (including phenoxy) is 1. The van der Waals surface area contributed by atoms with Crippen LogP contribution in [-0.4, -0.2) is 37.4 Å². The van der Waals surface area contributed by atoms with Crippen LogP contribution < -0.4 is 10.1 Å². The van der Waals surface area contributed by atoms with E-state index >= 15 is 0 Å². The van der Waals surface area contributed by atoms with Gasteiger partial charge >= 0.3 is 0 Å². The van der Waals surface area contributed by atoms with E-state index in [0.29, 0.717) is 11.4 Å². The topological polar surface area (TPSA) is 58.6 Å². The molecule has 0 atom stereocenters. The second kappa shape index (κ2) is 7.97. The first kappa shape index (κ1) is 18.0. The molecule has 0 aliphatic carbocycles. The molecule has 24 heavy (non-hydrogen) atoms. The van der Waals surface area contributed by atoms with E-state index in [1.165, 1.54) is 11.3 Å². The van der Waals surface area contributed by atoms with Gasteiger partial charge < -0.3 is 15.0 Å². The summed E-state index contributed by atoms with van der Waals surface area (Å²) in [5.41, 5.74) is 2.04. The van der Waals surface area contributed by atoms with E-state index < -0.39 is 0 Å². The molecule has 0 radical (unpaired) electrons. The van der Waals surface area contributed by atoms with Crippen LogP contribution in [0.25, 0.3) is 0 Å². The van der Waals surface area contributed by atoms with Gasteiger partial charge in [0.1, 0.15) is 5.75 Å². The predicted octanol–water partition coefficient (Wildman–Crippen LogP) is 2.76. The zero-order chi connectivity index (χ0) is 17.7. The van der Waals surface area contributed by atoms with E-state index in [0.717, 1.165) is 21.8 Å². The molecule has 0 saturated carbocycles. The van der Waals surface area contributed by atoms with Crippen LogP contribution in [0.3, 0.4) is 0 Å². The Balaban J connectivity index is 1.93. The van der Waals surface area contributed by atoms with Crippen molar-refractivity contribution in [2.75, 3.05) is 20.7 Å². The first-order chi connectivity index (χ1) is 11.4. The van der Waals surface area contributed by atoms with Crippen LogP contribution in [0.4, 0.5) is 0 Å². The minimum atomic E-state index is -0.219. The number of amides is 2. The maximum Gasteiger partial charge on any atom is 0.261 e. The van der Waals surface area contributed by atoms with Gasteiger partial charge in [-0.1, -0.05) is 17.7 Å². The van der Waals surface area contributed by atoms with Crippen molar-refractivity contribution in [1.82, 2.24) is 10.2 Å². The number of hydrogen-bond donors (Lipinski definition) is 1. The average molecular weight is 346 g/mol. The molecule has 5 nitrogen and oxygen atoms in total. The number of carbonyl (C=O) groups excluding carboxylic acids is 2. The fourth-order valence-electron chi connectivity index (χ4n) is 2.31. The maximum atomic E-state index is 12.2. The van der Waals surface area contributed by atoms with Gasteiger partial charge in [-0.05, 0) is 32.0 Å². The third kappa shape index (κ3) is 4.58. The Bertz CT molecular complexity index is 740. The molecule has 0 bridgehead atoms. The minimum Gasteiger partial charge on any atom is -0.496 e. The fraction of sp³-hybridized carbons (Fsp3) is 0.333. The second-order valence-corrected chi connectivity index (χ2v) is 6.95. The standard InChI is InChI=1S/C18H22N2O3S/c1-12-5-7-15(23-4)14(9-12)11-20(3)17(21)10-19-18(22)16-8-6-13(2)24-16/h5-9H,10-11H2,1-4H3,(H,19,22). The number of aryl methyl sites for hydroxylation is 2. The highest BCUT2D eigenvalue weighted by Gasteiger charge is 2.14. The molecule has 2 amide bonds. The number of likely N-dealkylation sites (N-methyl/N-ethyl adjacent to an activating group) is 1. The molecule has 6 heteroatoms. The highest BCUT2D eigenvalue weighted by molar-refractivity contribution is 7.13. The molecule has 0 aliphatic heterocycles. The molecule has 0 fully saturated rings. The van der Waals surface area contributed by atoms with E-state index in [4.69, 9.17) is 4.74 Å². The molecule has 1 aromatic heterocycles. The van der Waals surface area contributed by atoms with Crippen molar-refractivity contribution in [3.8, 4) is 5.75 Å². The Morgan fingerprint density at radius 3 is 2.58 bits per heavy atom. The van der Waals surface area contributed by atoms with Crippen molar-refractivity contribution in [1.29, 1.82) is 0 Å². The van der Waals surface area contributed by atoms with E-state index in [-0.39, 0.29) is 18.4 Å². The molecule has 1 N–H and O–H groups in total. The van der Waals surface area contributed by atoms with Crippen LogP contribution in [0, 0.1) is 13.8 Å². The summed E-state index contributed by atoms with van der Waals surface area (Å²) >= 11 is 1.41. The molecule has 0 saturated heterocycles. The Kier molecular flexibility index (Phi) is 5.98. The molecule has 2 aromatic rings. The summed E-state index contributed by atoms with van der Waals surface area (Å²) < 4.78 is 5.33. The van der Waals surface area contributed by atoms with Gasteiger partial charge in [-0.25, -0.2) is 0 Å². The number of carbonyl (C=O) groups is 2. The van der Waals surface area contributed by atoms with Crippen molar-refractivity contribution >= 4 is 23.2 Å². The van der Waals surface area contributed by atoms with Crippen LogP contribution in [-0.2, 0) is 11.3 Å². The van der Waals surface area contributed by atoms with Crippen LogP contribution in [0.2, 0.25) is 0 Å². The van der Waals surface area contributed by atoms with Gasteiger partial charge in [0.25, 0.3) is 5.91 Å². The zero-order valence-corrected chi connectivity index (χ0v) is 15.2. The van der Waals surface area contributed by atoms with Gasteiger partial charge in [0, 0.05) is 24.0 Å². The summed E-state index contributed by atoms with van der Waals surface area (Å²) in [6.07, 6.45) is 0. The lowest BCUT2D eigenvalue weighted by Gasteiger charge is -2.19. The second-order valence-electron chi connectivity index (χ2n) is 5.66. The SMILES string of the molecule is COc1ccc(C)cc1CN(C)C(=O)CNC(=O)c1ccc(C)s1. The first-order valence-electron chi connectivity index (χ1n) is 7.63. The molecule has 1 heterocycles. The lowest BCUT2D eigenvalue weighted by atomic mass is 10.1. The monoisotopic (exact) mass is 346 g/mol. The van der Waals surface area contributed by atoms with E-state index in [1.54, 1.807) is 25.1 Å². The van der Waals surface area contributed by atoms with Gasteiger partial charge in [0.2, 0.25) is 5.91 Å². The van der Waals surface area contributed by atoms with Crippen LogP contribution in [0.5, 0.6) is 5.75 Å². The van der Waals surface area contributed by atoms with Crippen molar-refractivity contribution in [3.63, 3.8) is 0 Å². The Morgan fingerprint density at radius 2 is 1.96 bits per heavy atom. The molecule has 0 aliphatic rings. The number of benzene rings is 1. The molecule has 128 valence electrons. The molecule has 1 aromatic carbocycles. The zero-order valence-electron chi connectivity index (χ0n) is 14.4. The molecular formula is C18H22N2O3S. The normalized spacial score (nSPS) is 10.3. The summed E-state index contributed by atoms with van der Waals surface area (Å²) in [5.74, 6) is 0.376. The summed E-state index contributed by atoms with van der Waals surface area (Å²) in [6.45, 7) is 4.34. The van der Waals surface area contributed by atoms with Gasteiger partial charge in [-0.3, -0.25) is 9.59 Å². The quantitative estimate of drug-likeness (QED) is 0.875. The largest absolute Gasteiger partial charge is 0.496 e. The lowest BCUT2D eigenvalue weighted by molar-refractivity contribution is -0.129. The number of thiophene rings is 1. The molecule has 0 spiro atoms. The van der Waals surface area contributed by atoms with Gasteiger partial charge in [0.05, 0.1) is 18.5 Å². The van der Waals surface area contributed by atoms with E-state index in [9.17, 15) is 9.59 Å². The number of nitrogens with zero attached hydrogens (tertiary/aromatic N) is 1. The van der Waals surface area contributed by atoms with Crippen LogP contribution in [0.1, 0.15) is 25.7 Å². The number of rotatable bonds is 6. The third-order valence-corrected chi connectivity index (χ3v) is 4.63. The van der Waals surface area contributed by atoms with Crippen LogP contribution >= 0.6 is 11.3 Å².